The van der Waals surface area contributed by atoms with Crippen LogP contribution in [-0.2, 0) is 4.84 Å². The molecule has 3 nitrogen and oxygen atoms in total. The highest BCUT2D eigenvalue weighted by Gasteiger charge is 1.91. The van der Waals surface area contributed by atoms with Crippen molar-refractivity contribution in [3.63, 3.8) is 0 Å². The van der Waals surface area contributed by atoms with E-state index in [1.807, 2.05) is 25.1 Å². The lowest BCUT2D eigenvalue weighted by atomic mass is 10.3. The molecule has 1 rings (SSSR count). The molecule has 0 spiro atoms. The Balaban J connectivity index is 2.58. The summed E-state index contributed by atoms with van der Waals surface area (Å²) in [7, 11) is 0. The zero-order chi connectivity index (χ0) is 8.10. The summed E-state index contributed by atoms with van der Waals surface area (Å²) < 4.78 is 5.08. The van der Waals surface area contributed by atoms with Crippen molar-refractivity contribution in [1.82, 2.24) is 0 Å². The summed E-state index contributed by atoms with van der Waals surface area (Å²) in [6.07, 6.45) is 3.51. The molecule has 0 aliphatic carbocycles. The van der Waals surface area contributed by atoms with E-state index < -0.39 is 0 Å². The molecular formula is C8H11NO2. The van der Waals surface area contributed by atoms with Crippen LogP contribution < -0.4 is 5.90 Å². The third-order valence-electron chi connectivity index (χ3n) is 1.24. The monoisotopic (exact) mass is 153 g/mol. The highest BCUT2D eigenvalue weighted by atomic mass is 16.6. The van der Waals surface area contributed by atoms with Gasteiger partial charge in [0.1, 0.15) is 5.76 Å². The summed E-state index contributed by atoms with van der Waals surface area (Å²) >= 11 is 0. The molecule has 0 aliphatic rings. The molecule has 1 heterocycles. The van der Waals surface area contributed by atoms with Crippen molar-refractivity contribution in [2.75, 3.05) is 6.61 Å². The Morgan fingerprint density at radius 1 is 1.82 bits per heavy atom. The van der Waals surface area contributed by atoms with Gasteiger partial charge in [-0.25, -0.2) is 5.90 Å². The van der Waals surface area contributed by atoms with Crippen LogP contribution in [0.2, 0.25) is 0 Å². The van der Waals surface area contributed by atoms with Gasteiger partial charge < -0.3 is 9.25 Å². The van der Waals surface area contributed by atoms with E-state index in [1.165, 1.54) is 0 Å². The number of furan rings is 1. The molecule has 2 N–H and O–H groups in total. The molecule has 1 aromatic rings. The van der Waals surface area contributed by atoms with Crippen molar-refractivity contribution in [2.45, 2.75) is 6.92 Å². The molecule has 0 radical (unpaired) electrons. The van der Waals surface area contributed by atoms with Crippen molar-refractivity contribution in [1.29, 1.82) is 0 Å². The minimum Gasteiger partial charge on any atom is -0.465 e. The molecule has 0 saturated carbocycles. The molecule has 0 aromatic carbocycles. The van der Waals surface area contributed by atoms with Crippen molar-refractivity contribution in [2.24, 2.45) is 5.90 Å². The van der Waals surface area contributed by atoms with Crippen molar-refractivity contribution in [3.8, 4) is 0 Å². The smallest absolute Gasteiger partial charge is 0.126 e. The van der Waals surface area contributed by atoms with Crippen LogP contribution in [-0.4, -0.2) is 6.61 Å². The van der Waals surface area contributed by atoms with Gasteiger partial charge in [0.2, 0.25) is 0 Å². The van der Waals surface area contributed by atoms with E-state index in [-0.39, 0.29) is 0 Å². The maximum atomic E-state index is 5.08. The second-order valence-electron chi connectivity index (χ2n) is 2.32. The van der Waals surface area contributed by atoms with Crippen LogP contribution in [0.3, 0.4) is 0 Å². The Hall–Kier alpha value is -1.06. The largest absolute Gasteiger partial charge is 0.465 e. The normalized spacial score (nSPS) is 12.0. The fraction of sp³-hybridized carbons (Fsp3) is 0.250. The maximum Gasteiger partial charge on any atom is 0.126 e. The topological polar surface area (TPSA) is 48.4 Å². The van der Waals surface area contributed by atoms with Crippen LogP contribution in [0.4, 0.5) is 0 Å². The molecule has 0 bridgehead atoms. The first-order valence-electron chi connectivity index (χ1n) is 3.35. The van der Waals surface area contributed by atoms with Gasteiger partial charge in [-0.15, -0.1) is 0 Å². The van der Waals surface area contributed by atoms with Gasteiger partial charge in [0.25, 0.3) is 0 Å². The number of hydrogen-bond acceptors (Lipinski definition) is 3. The summed E-state index contributed by atoms with van der Waals surface area (Å²) in [5.74, 6) is 5.71. The van der Waals surface area contributed by atoms with Gasteiger partial charge in [-0.05, 0) is 30.7 Å². The van der Waals surface area contributed by atoms with E-state index in [2.05, 4.69) is 4.84 Å². The van der Waals surface area contributed by atoms with E-state index in [0.29, 0.717) is 6.61 Å². The first-order chi connectivity index (χ1) is 5.33. The molecule has 0 atom stereocenters. The second kappa shape index (κ2) is 3.95. The van der Waals surface area contributed by atoms with Gasteiger partial charge in [0.15, 0.2) is 0 Å². The minimum absolute atomic E-state index is 0.431. The average Bonchev–Trinajstić information content (AvgIpc) is 2.40. The highest BCUT2D eigenvalue weighted by molar-refractivity contribution is 5.46. The van der Waals surface area contributed by atoms with Gasteiger partial charge >= 0.3 is 0 Å². The van der Waals surface area contributed by atoms with E-state index in [0.717, 1.165) is 11.3 Å². The Kier molecular flexibility index (Phi) is 2.89. The molecule has 0 fully saturated rings. The van der Waals surface area contributed by atoms with Crippen LogP contribution in [0.1, 0.15) is 12.7 Å². The standard InChI is InChI=1S/C8H11NO2/c1-7(6-11-9)5-8-3-2-4-10-8/h2-5H,6,9H2,1H3/b7-5+. The maximum absolute atomic E-state index is 5.08. The predicted molar refractivity (Wildman–Crippen MR) is 42.5 cm³/mol. The second-order valence-corrected chi connectivity index (χ2v) is 2.32. The SMILES string of the molecule is C/C(=C\c1ccco1)CON. The van der Waals surface area contributed by atoms with Crippen LogP contribution >= 0.6 is 0 Å². The molecule has 3 heteroatoms. The van der Waals surface area contributed by atoms with Crippen molar-refractivity contribution in [3.05, 3.63) is 29.7 Å². The quantitative estimate of drug-likeness (QED) is 0.670. The van der Waals surface area contributed by atoms with E-state index >= 15 is 0 Å². The summed E-state index contributed by atoms with van der Waals surface area (Å²) in [4.78, 5) is 4.44. The Morgan fingerprint density at radius 2 is 2.64 bits per heavy atom. The third-order valence-corrected chi connectivity index (χ3v) is 1.24. The lowest BCUT2D eigenvalue weighted by Crippen LogP contribution is -2.01. The lowest BCUT2D eigenvalue weighted by molar-refractivity contribution is 0.162. The highest BCUT2D eigenvalue weighted by Crippen LogP contribution is 2.06. The minimum atomic E-state index is 0.431. The van der Waals surface area contributed by atoms with Crippen LogP contribution in [0.15, 0.2) is 28.4 Å². The lowest BCUT2D eigenvalue weighted by Gasteiger charge is -1.95. The van der Waals surface area contributed by atoms with Gasteiger partial charge in [0, 0.05) is 0 Å². The number of nitrogens with two attached hydrogens (primary N) is 1. The van der Waals surface area contributed by atoms with Crippen molar-refractivity contribution >= 4 is 6.08 Å². The number of hydrogen-bond donors (Lipinski definition) is 1. The van der Waals surface area contributed by atoms with E-state index in [4.69, 9.17) is 10.3 Å². The van der Waals surface area contributed by atoms with Crippen LogP contribution in [0.5, 0.6) is 0 Å². The fourth-order valence-electron chi connectivity index (χ4n) is 0.789. The van der Waals surface area contributed by atoms with Crippen molar-refractivity contribution < 1.29 is 9.25 Å². The average molecular weight is 153 g/mol. The molecule has 11 heavy (non-hydrogen) atoms. The van der Waals surface area contributed by atoms with Gasteiger partial charge in [-0.1, -0.05) is 0 Å². The zero-order valence-corrected chi connectivity index (χ0v) is 6.41. The molecule has 0 saturated heterocycles. The number of rotatable bonds is 3. The van der Waals surface area contributed by atoms with Gasteiger partial charge in [0.05, 0.1) is 12.9 Å². The van der Waals surface area contributed by atoms with E-state index in [1.54, 1.807) is 6.26 Å². The zero-order valence-electron chi connectivity index (χ0n) is 6.41. The first kappa shape index (κ1) is 8.04. The van der Waals surface area contributed by atoms with Crippen LogP contribution in [0, 0.1) is 0 Å². The molecule has 0 aliphatic heterocycles. The predicted octanol–water partition coefficient (Wildman–Crippen LogP) is 1.57. The Labute approximate surface area is 65.4 Å². The summed E-state index contributed by atoms with van der Waals surface area (Å²) in [6, 6.07) is 3.71. The molecular weight excluding hydrogens is 142 g/mol. The van der Waals surface area contributed by atoms with Gasteiger partial charge in [-0.3, -0.25) is 0 Å². The van der Waals surface area contributed by atoms with Gasteiger partial charge in [-0.2, -0.15) is 0 Å². The fourth-order valence-corrected chi connectivity index (χ4v) is 0.789. The molecule has 0 amide bonds. The summed E-state index contributed by atoms with van der Waals surface area (Å²) in [5.41, 5.74) is 1.03. The molecule has 1 aromatic heterocycles. The first-order valence-corrected chi connectivity index (χ1v) is 3.35. The molecule has 0 unspecified atom stereocenters. The van der Waals surface area contributed by atoms with Crippen LogP contribution in [0.25, 0.3) is 6.08 Å². The summed E-state index contributed by atoms with van der Waals surface area (Å²) in [6.45, 7) is 2.36. The summed E-state index contributed by atoms with van der Waals surface area (Å²) in [5, 5.41) is 0. The Morgan fingerprint density at radius 3 is 3.18 bits per heavy atom. The molecule has 60 valence electrons. The Bertz CT molecular complexity index is 226. The van der Waals surface area contributed by atoms with E-state index in [9.17, 15) is 0 Å². The third kappa shape index (κ3) is 2.57.